The number of benzene rings is 2. The van der Waals surface area contributed by atoms with E-state index in [2.05, 4.69) is 6.58 Å². The molecule has 2 N–H and O–H groups in total. The zero-order valence-corrected chi connectivity index (χ0v) is 18.2. The maximum Gasteiger partial charge on any atom is 0.295 e. The van der Waals surface area contributed by atoms with Crippen molar-refractivity contribution >= 4 is 17.4 Å². The van der Waals surface area contributed by atoms with Crippen LogP contribution >= 0.6 is 0 Å². The Kier molecular flexibility index (Phi) is 6.92. The Morgan fingerprint density at radius 3 is 2.35 bits per heavy atom. The Labute approximate surface area is 183 Å². The number of aryl methyl sites for hydroxylation is 1. The lowest BCUT2D eigenvalue weighted by Crippen LogP contribution is -3.06. The van der Waals surface area contributed by atoms with Gasteiger partial charge in [-0.15, -0.1) is 0 Å². The molecule has 1 aliphatic rings. The number of hydrogen-bond donors (Lipinski definition) is 2. The third-order valence-electron chi connectivity index (χ3n) is 5.28. The van der Waals surface area contributed by atoms with Gasteiger partial charge in [0.15, 0.2) is 0 Å². The number of hydrogen-bond acceptors (Lipinski definition) is 4. The molecule has 31 heavy (non-hydrogen) atoms. The summed E-state index contributed by atoms with van der Waals surface area (Å²) in [6, 6.07) is 13.8. The Bertz CT molecular complexity index is 991. The largest absolute Gasteiger partial charge is 0.507 e. The zero-order chi connectivity index (χ0) is 22.5. The highest BCUT2D eigenvalue weighted by atomic mass is 16.5. The minimum Gasteiger partial charge on any atom is -0.507 e. The van der Waals surface area contributed by atoms with Crippen LogP contribution in [0, 0.1) is 6.92 Å². The second kappa shape index (κ2) is 9.62. The summed E-state index contributed by atoms with van der Waals surface area (Å²) in [7, 11) is 3.99. The van der Waals surface area contributed by atoms with Crippen molar-refractivity contribution in [2.45, 2.75) is 13.0 Å². The van der Waals surface area contributed by atoms with Gasteiger partial charge in [-0.05, 0) is 36.8 Å². The number of ether oxygens (including phenoxy) is 1. The molecule has 3 rings (SSSR count). The van der Waals surface area contributed by atoms with E-state index >= 15 is 0 Å². The van der Waals surface area contributed by atoms with E-state index in [-0.39, 0.29) is 11.3 Å². The summed E-state index contributed by atoms with van der Waals surface area (Å²) in [6.07, 6.45) is 1.65. The van der Waals surface area contributed by atoms with Gasteiger partial charge in [-0.3, -0.25) is 9.59 Å². The maximum absolute atomic E-state index is 13.0. The number of carbonyl (C=O) groups excluding carboxylic acids is 2. The molecule has 1 amide bonds. The van der Waals surface area contributed by atoms with Crippen molar-refractivity contribution in [1.82, 2.24) is 4.90 Å². The molecule has 1 aliphatic heterocycles. The first-order valence-corrected chi connectivity index (χ1v) is 10.3. The first-order valence-electron chi connectivity index (χ1n) is 10.3. The molecule has 0 unspecified atom stereocenters. The molecular weight excluding hydrogens is 392 g/mol. The monoisotopic (exact) mass is 421 g/mol. The summed E-state index contributed by atoms with van der Waals surface area (Å²) in [5.41, 5.74) is 2.45. The third-order valence-corrected chi connectivity index (χ3v) is 5.28. The molecular formula is C25H29N2O4+. The Morgan fingerprint density at radius 1 is 1.13 bits per heavy atom. The van der Waals surface area contributed by atoms with E-state index in [1.807, 2.05) is 45.3 Å². The SMILES string of the molecule is C=CCOc1ccc(/C(O)=C2\C(=O)C(=O)N(CC[NH+](C)C)[C@@H]2c2ccc(C)cc2)cc1. The van der Waals surface area contributed by atoms with Crippen molar-refractivity contribution in [3.8, 4) is 5.75 Å². The number of rotatable bonds is 8. The van der Waals surface area contributed by atoms with E-state index < -0.39 is 17.7 Å². The average Bonchev–Trinajstić information content (AvgIpc) is 3.01. The van der Waals surface area contributed by atoms with Gasteiger partial charge >= 0.3 is 0 Å². The topological polar surface area (TPSA) is 71.3 Å². The quantitative estimate of drug-likeness (QED) is 0.297. The molecule has 1 atom stereocenters. The second-order valence-electron chi connectivity index (χ2n) is 7.98. The molecule has 0 aromatic heterocycles. The summed E-state index contributed by atoms with van der Waals surface area (Å²) in [5, 5.41) is 11.1. The smallest absolute Gasteiger partial charge is 0.295 e. The molecule has 0 radical (unpaired) electrons. The predicted molar refractivity (Wildman–Crippen MR) is 120 cm³/mol. The van der Waals surface area contributed by atoms with Crippen molar-refractivity contribution in [2.24, 2.45) is 0 Å². The lowest BCUT2D eigenvalue weighted by molar-refractivity contribution is -0.857. The number of aliphatic hydroxyl groups excluding tert-OH is 1. The molecule has 1 heterocycles. The van der Waals surface area contributed by atoms with Crippen LogP contribution in [0.4, 0.5) is 0 Å². The fourth-order valence-corrected chi connectivity index (χ4v) is 3.57. The van der Waals surface area contributed by atoms with Crippen LogP contribution in [0.1, 0.15) is 22.7 Å². The van der Waals surface area contributed by atoms with Crippen LogP contribution in [0.15, 0.2) is 66.8 Å². The summed E-state index contributed by atoms with van der Waals surface area (Å²) >= 11 is 0. The fraction of sp³-hybridized carbons (Fsp3) is 0.280. The van der Waals surface area contributed by atoms with Gasteiger partial charge < -0.3 is 19.6 Å². The average molecular weight is 422 g/mol. The molecule has 0 saturated carbocycles. The van der Waals surface area contributed by atoms with Crippen molar-refractivity contribution in [3.05, 3.63) is 83.4 Å². The highest BCUT2D eigenvalue weighted by Crippen LogP contribution is 2.39. The summed E-state index contributed by atoms with van der Waals surface area (Å²) in [6.45, 7) is 7.07. The van der Waals surface area contributed by atoms with Crippen LogP contribution in [-0.2, 0) is 9.59 Å². The van der Waals surface area contributed by atoms with Gasteiger partial charge in [0.05, 0.1) is 38.8 Å². The molecule has 0 aliphatic carbocycles. The molecule has 0 spiro atoms. The van der Waals surface area contributed by atoms with Crippen LogP contribution in [0.25, 0.3) is 5.76 Å². The first kappa shape index (κ1) is 22.3. The number of nitrogens with one attached hydrogen (secondary N) is 1. The van der Waals surface area contributed by atoms with E-state index in [1.165, 1.54) is 4.90 Å². The molecule has 162 valence electrons. The van der Waals surface area contributed by atoms with Crippen LogP contribution in [-0.4, -0.2) is 55.5 Å². The number of ketones is 1. The van der Waals surface area contributed by atoms with Gasteiger partial charge in [-0.1, -0.05) is 42.5 Å². The van der Waals surface area contributed by atoms with E-state index in [9.17, 15) is 14.7 Å². The number of nitrogens with zero attached hydrogens (tertiary/aromatic N) is 1. The summed E-state index contributed by atoms with van der Waals surface area (Å²) in [5.74, 6) is -0.803. The van der Waals surface area contributed by atoms with E-state index in [1.54, 1.807) is 35.2 Å². The normalized spacial score (nSPS) is 17.9. The molecule has 6 nitrogen and oxygen atoms in total. The molecule has 2 aromatic rings. The minimum atomic E-state index is -0.663. The van der Waals surface area contributed by atoms with Gasteiger partial charge in [0.2, 0.25) is 0 Å². The molecule has 1 saturated heterocycles. The van der Waals surface area contributed by atoms with E-state index in [4.69, 9.17) is 4.74 Å². The van der Waals surface area contributed by atoms with Gasteiger partial charge in [0.25, 0.3) is 11.7 Å². The highest BCUT2D eigenvalue weighted by molar-refractivity contribution is 6.46. The van der Waals surface area contributed by atoms with E-state index in [0.717, 1.165) is 11.1 Å². The highest BCUT2D eigenvalue weighted by Gasteiger charge is 2.46. The van der Waals surface area contributed by atoms with Crippen molar-refractivity contribution in [2.75, 3.05) is 33.8 Å². The molecule has 2 aromatic carbocycles. The van der Waals surface area contributed by atoms with Crippen molar-refractivity contribution < 1.29 is 24.3 Å². The Hall–Kier alpha value is -3.38. The lowest BCUT2D eigenvalue weighted by Gasteiger charge is -2.25. The zero-order valence-electron chi connectivity index (χ0n) is 18.2. The van der Waals surface area contributed by atoms with Gasteiger partial charge in [-0.25, -0.2) is 0 Å². The number of carbonyl (C=O) groups is 2. The van der Waals surface area contributed by atoms with Crippen molar-refractivity contribution in [3.63, 3.8) is 0 Å². The third kappa shape index (κ3) is 4.86. The van der Waals surface area contributed by atoms with Crippen LogP contribution < -0.4 is 9.64 Å². The molecule has 0 bridgehead atoms. The van der Waals surface area contributed by atoms with Crippen LogP contribution in [0.5, 0.6) is 5.75 Å². The number of quaternary nitrogens is 1. The standard InChI is InChI=1S/C25H28N2O4/c1-5-16-31-20-12-10-19(11-13-20)23(28)21-22(18-8-6-17(2)7-9-18)27(15-14-26(3)4)25(30)24(21)29/h5-13,22,28H,1,14-16H2,2-4H3/p+1/b23-21+/t22-/m1/s1. The first-order chi connectivity index (χ1) is 14.8. The number of Topliss-reactive ketones (excluding diaryl/α,β-unsaturated/α-hetero) is 1. The lowest BCUT2D eigenvalue weighted by atomic mass is 9.94. The number of likely N-dealkylation sites (tertiary alicyclic amines) is 1. The molecule has 6 heteroatoms. The van der Waals surface area contributed by atoms with Gasteiger partial charge in [0, 0.05) is 5.56 Å². The van der Waals surface area contributed by atoms with Crippen LogP contribution in [0.2, 0.25) is 0 Å². The van der Waals surface area contributed by atoms with Gasteiger partial charge in [-0.2, -0.15) is 0 Å². The predicted octanol–water partition coefficient (Wildman–Crippen LogP) is 2.13. The van der Waals surface area contributed by atoms with Gasteiger partial charge in [0.1, 0.15) is 18.1 Å². The van der Waals surface area contributed by atoms with Crippen LogP contribution in [0.3, 0.4) is 0 Å². The van der Waals surface area contributed by atoms with Crippen molar-refractivity contribution in [1.29, 1.82) is 0 Å². The number of amides is 1. The Balaban J connectivity index is 2.05. The minimum absolute atomic E-state index is 0.113. The maximum atomic E-state index is 13.0. The molecule has 1 fully saturated rings. The number of aliphatic hydroxyl groups is 1. The Morgan fingerprint density at radius 2 is 1.77 bits per heavy atom. The summed E-state index contributed by atoms with van der Waals surface area (Å²) in [4.78, 5) is 28.6. The number of likely N-dealkylation sites (N-methyl/N-ethyl adjacent to an activating group) is 1. The van der Waals surface area contributed by atoms with E-state index in [0.29, 0.717) is 31.0 Å². The fourth-order valence-electron chi connectivity index (χ4n) is 3.57. The second-order valence-corrected chi connectivity index (χ2v) is 7.98. The summed E-state index contributed by atoms with van der Waals surface area (Å²) < 4.78 is 5.48.